The van der Waals surface area contributed by atoms with E-state index in [1.807, 2.05) is 13.8 Å². The summed E-state index contributed by atoms with van der Waals surface area (Å²) in [5.41, 5.74) is 0.686. The number of hydrogen-bond acceptors (Lipinski definition) is 4. The summed E-state index contributed by atoms with van der Waals surface area (Å²) in [5, 5.41) is 13.4. The molecule has 1 fully saturated rings. The molecule has 0 saturated carbocycles. The van der Waals surface area contributed by atoms with E-state index in [2.05, 4.69) is 5.32 Å². The summed E-state index contributed by atoms with van der Waals surface area (Å²) in [6, 6.07) is 0. The first-order valence-electron chi connectivity index (χ1n) is 6.59. The smallest absolute Gasteiger partial charge is 0.257 e. The number of β-amino-alcohol motifs (C(OH)–C–C–N with tert-alkyl or cyclic N) is 1. The molecule has 0 aromatic carbocycles. The molecule has 0 bridgehead atoms. The summed E-state index contributed by atoms with van der Waals surface area (Å²) in [5.74, 6) is 1.33. The summed E-state index contributed by atoms with van der Waals surface area (Å²) >= 11 is 0. The van der Waals surface area contributed by atoms with Gasteiger partial charge in [-0.2, -0.15) is 0 Å². The quantitative estimate of drug-likeness (QED) is 0.856. The molecule has 2 rings (SSSR count). The lowest BCUT2D eigenvalue weighted by Crippen LogP contribution is -2.45. The van der Waals surface area contributed by atoms with Crippen molar-refractivity contribution in [2.45, 2.75) is 32.8 Å². The largest absolute Gasteiger partial charge is 0.466 e. The molecule has 1 aliphatic heterocycles. The number of carbonyl (C=O) groups excluding carboxylic acids is 1. The van der Waals surface area contributed by atoms with E-state index in [9.17, 15) is 9.90 Å². The van der Waals surface area contributed by atoms with Crippen molar-refractivity contribution in [2.75, 3.05) is 26.7 Å². The van der Waals surface area contributed by atoms with Crippen LogP contribution in [0, 0.1) is 20.8 Å². The van der Waals surface area contributed by atoms with Gasteiger partial charge in [-0.15, -0.1) is 0 Å². The minimum atomic E-state index is -0.814. The Hall–Kier alpha value is -1.33. The van der Waals surface area contributed by atoms with Crippen LogP contribution in [0.5, 0.6) is 0 Å². The van der Waals surface area contributed by atoms with Crippen LogP contribution in [0.15, 0.2) is 4.42 Å². The van der Waals surface area contributed by atoms with Crippen molar-refractivity contribution in [1.82, 2.24) is 10.2 Å². The molecule has 106 valence electrons. The molecule has 2 heterocycles. The molecule has 2 N–H and O–H groups in total. The number of aryl methyl sites for hydroxylation is 2. The molecular formula is C14H22N2O3. The Morgan fingerprint density at radius 1 is 1.42 bits per heavy atom. The van der Waals surface area contributed by atoms with E-state index in [1.165, 1.54) is 0 Å². The van der Waals surface area contributed by atoms with Gasteiger partial charge in [-0.25, -0.2) is 0 Å². The second kappa shape index (κ2) is 4.98. The Kier molecular flexibility index (Phi) is 3.69. The van der Waals surface area contributed by atoms with Gasteiger partial charge in [0.25, 0.3) is 5.91 Å². The first-order valence-corrected chi connectivity index (χ1v) is 6.59. The normalized spacial score (nSPS) is 22.8. The van der Waals surface area contributed by atoms with Crippen LogP contribution in [0.25, 0.3) is 0 Å². The molecule has 1 aromatic rings. The predicted octanol–water partition coefficient (Wildman–Crippen LogP) is 1.00. The monoisotopic (exact) mass is 266 g/mol. The first kappa shape index (κ1) is 14.1. The second-order valence-electron chi connectivity index (χ2n) is 5.53. The number of likely N-dealkylation sites (N-methyl/N-ethyl adjacent to an activating group) is 1. The molecule has 1 unspecified atom stereocenters. The maximum atomic E-state index is 12.5. The molecule has 5 nitrogen and oxygen atoms in total. The van der Waals surface area contributed by atoms with E-state index in [-0.39, 0.29) is 5.91 Å². The average molecular weight is 266 g/mol. The van der Waals surface area contributed by atoms with Gasteiger partial charge in [0, 0.05) is 19.2 Å². The van der Waals surface area contributed by atoms with Gasteiger partial charge in [0.2, 0.25) is 0 Å². The third-order valence-corrected chi connectivity index (χ3v) is 3.87. The number of carbonyl (C=O) groups is 1. The van der Waals surface area contributed by atoms with E-state index >= 15 is 0 Å². The zero-order chi connectivity index (χ0) is 14.2. The van der Waals surface area contributed by atoms with Crippen LogP contribution < -0.4 is 5.32 Å². The summed E-state index contributed by atoms with van der Waals surface area (Å²) in [7, 11) is 1.72. The van der Waals surface area contributed by atoms with Gasteiger partial charge in [-0.1, -0.05) is 0 Å². The van der Waals surface area contributed by atoms with Crippen molar-refractivity contribution in [3.8, 4) is 0 Å². The Balaban J connectivity index is 2.15. The van der Waals surface area contributed by atoms with Gasteiger partial charge >= 0.3 is 0 Å². The van der Waals surface area contributed by atoms with Gasteiger partial charge < -0.3 is 19.7 Å². The van der Waals surface area contributed by atoms with Crippen LogP contribution in [0.2, 0.25) is 0 Å². The van der Waals surface area contributed by atoms with E-state index in [1.54, 1.807) is 18.9 Å². The van der Waals surface area contributed by atoms with E-state index in [4.69, 9.17) is 4.42 Å². The Morgan fingerprint density at radius 3 is 2.58 bits per heavy atom. The predicted molar refractivity (Wildman–Crippen MR) is 72.3 cm³/mol. The lowest BCUT2D eigenvalue weighted by Gasteiger charge is -2.28. The van der Waals surface area contributed by atoms with Crippen molar-refractivity contribution in [3.63, 3.8) is 0 Å². The van der Waals surface area contributed by atoms with Gasteiger partial charge in [-0.3, -0.25) is 4.79 Å². The minimum absolute atomic E-state index is 0.0906. The zero-order valence-corrected chi connectivity index (χ0v) is 12.0. The number of furan rings is 1. The SMILES string of the molecule is Cc1oc(C)c(C(=O)N(C)CC2(O)CCNC2)c1C. The van der Waals surface area contributed by atoms with Gasteiger partial charge in [0.05, 0.1) is 17.7 Å². The summed E-state index contributed by atoms with van der Waals surface area (Å²) in [6.45, 7) is 7.20. The van der Waals surface area contributed by atoms with Crippen LogP contribution in [-0.4, -0.2) is 48.2 Å². The zero-order valence-electron chi connectivity index (χ0n) is 12.0. The highest BCUT2D eigenvalue weighted by molar-refractivity contribution is 5.96. The molecule has 19 heavy (non-hydrogen) atoms. The molecule has 5 heteroatoms. The number of rotatable bonds is 3. The molecule has 1 atom stereocenters. The van der Waals surface area contributed by atoms with Crippen molar-refractivity contribution < 1.29 is 14.3 Å². The molecule has 0 aliphatic carbocycles. The third kappa shape index (κ3) is 2.67. The fourth-order valence-corrected chi connectivity index (χ4v) is 2.68. The molecule has 1 saturated heterocycles. The average Bonchev–Trinajstić information content (AvgIpc) is 2.84. The van der Waals surface area contributed by atoms with E-state index in [0.29, 0.717) is 30.8 Å². The minimum Gasteiger partial charge on any atom is -0.466 e. The van der Waals surface area contributed by atoms with Crippen LogP contribution >= 0.6 is 0 Å². The highest BCUT2D eigenvalue weighted by atomic mass is 16.3. The third-order valence-electron chi connectivity index (χ3n) is 3.87. The molecule has 1 amide bonds. The number of aliphatic hydroxyl groups is 1. The standard InChI is InChI=1S/C14H22N2O3/c1-9-10(2)19-11(3)12(9)13(17)16(4)8-14(18)5-6-15-7-14/h15,18H,5-8H2,1-4H3. The Labute approximate surface area is 113 Å². The van der Waals surface area contributed by atoms with Gasteiger partial charge in [-0.05, 0) is 33.7 Å². The maximum Gasteiger partial charge on any atom is 0.257 e. The fraction of sp³-hybridized carbons (Fsp3) is 0.643. The van der Waals surface area contributed by atoms with Gasteiger partial charge in [0.1, 0.15) is 11.5 Å². The van der Waals surface area contributed by atoms with Crippen LogP contribution in [0.4, 0.5) is 0 Å². The van der Waals surface area contributed by atoms with Crippen LogP contribution in [-0.2, 0) is 0 Å². The van der Waals surface area contributed by atoms with Crippen LogP contribution in [0.3, 0.4) is 0 Å². The maximum absolute atomic E-state index is 12.5. The molecular weight excluding hydrogens is 244 g/mol. The fourth-order valence-electron chi connectivity index (χ4n) is 2.68. The van der Waals surface area contributed by atoms with E-state index in [0.717, 1.165) is 17.9 Å². The highest BCUT2D eigenvalue weighted by Gasteiger charge is 2.34. The van der Waals surface area contributed by atoms with Crippen molar-refractivity contribution >= 4 is 5.91 Å². The highest BCUT2D eigenvalue weighted by Crippen LogP contribution is 2.23. The van der Waals surface area contributed by atoms with Crippen molar-refractivity contribution in [1.29, 1.82) is 0 Å². The molecule has 1 aromatic heterocycles. The number of hydrogen-bond donors (Lipinski definition) is 2. The van der Waals surface area contributed by atoms with Crippen molar-refractivity contribution in [2.24, 2.45) is 0 Å². The molecule has 0 spiro atoms. The Bertz CT molecular complexity index is 487. The first-order chi connectivity index (χ1) is 8.84. The summed E-state index contributed by atoms with van der Waals surface area (Å²) in [6.07, 6.45) is 0.674. The topological polar surface area (TPSA) is 65.7 Å². The number of nitrogens with zero attached hydrogens (tertiary/aromatic N) is 1. The lowest BCUT2D eigenvalue weighted by atomic mass is 10.0. The Morgan fingerprint density at radius 2 is 2.11 bits per heavy atom. The van der Waals surface area contributed by atoms with Crippen LogP contribution in [0.1, 0.15) is 33.9 Å². The lowest BCUT2D eigenvalue weighted by molar-refractivity contribution is 0.0251. The molecule has 0 radical (unpaired) electrons. The summed E-state index contributed by atoms with van der Waals surface area (Å²) in [4.78, 5) is 14.0. The molecule has 1 aliphatic rings. The number of nitrogens with one attached hydrogen (secondary N) is 1. The van der Waals surface area contributed by atoms with E-state index < -0.39 is 5.60 Å². The van der Waals surface area contributed by atoms with Crippen molar-refractivity contribution in [3.05, 3.63) is 22.6 Å². The van der Waals surface area contributed by atoms with Gasteiger partial charge in [0.15, 0.2) is 0 Å². The second-order valence-corrected chi connectivity index (χ2v) is 5.53. The number of amides is 1. The summed E-state index contributed by atoms with van der Waals surface area (Å²) < 4.78 is 5.49.